The highest BCUT2D eigenvalue weighted by molar-refractivity contribution is 7.15. The summed E-state index contributed by atoms with van der Waals surface area (Å²) < 4.78 is 39.1. The van der Waals surface area contributed by atoms with Gasteiger partial charge in [0.1, 0.15) is 22.2 Å². The van der Waals surface area contributed by atoms with Gasteiger partial charge in [0.2, 0.25) is 0 Å². The summed E-state index contributed by atoms with van der Waals surface area (Å²) in [5.41, 5.74) is -1.30. The first-order chi connectivity index (χ1) is 16.3. The smallest absolute Gasteiger partial charge is 0.416 e. The molecule has 1 saturated carbocycles. The first-order valence-corrected chi connectivity index (χ1v) is 11.8. The number of nitrogens with zero attached hydrogens (tertiary/aromatic N) is 3. The Kier molecular flexibility index (Phi) is 6.35. The fraction of sp³-hybridized carbons (Fsp3) is 0.417. The summed E-state index contributed by atoms with van der Waals surface area (Å²) in [7, 11) is 0. The first kappa shape index (κ1) is 25.1. The molecule has 3 N–H and O–H groups in total. The fourth-order valence-electron chi connectivity index (χ4n) is 4.65. The van der Waals surface area contributed by atoms with E-state index in [0.717, 1.165) is 23.9 Å². The molecule has 186 valence electrons. The minimum absolute atomic E-state index is 0.0144. The van der Waals surface area contributed by atoms with Gasteiger partial charge in [0.15, 0.2) is 0 Å². The molecule has 2 atom stereocenters. The maximum atomic E-state index is 13.0. The van der Waals surface area contributed by atoms with Crippen LogP contribution in [0.1, 0.15) is 49.2 Å². The van der Waals surface area contributed by atoms with Crippen molar-refractivity contribution in [3.8, 4) is 10.6 Å². The molecule has 3 aromatic rings. The monoisotopic (exact) mass is 506 g/mol. The molecule has 35 heavy (non-hydrogen) atoms. The van der Waals surface area contributed by atoms with Crippen LogP contribution in [0, 0.1) is 18.3 Å². The fourth-order valence-corrected chi connectivity index (χ4v) is 5.64. The van der Waals surface area contributed by atoms with Crippen molar-refractivity contribution in [1.82, 2.24) is 15.0 Å². The highest BCUT2D eigenvalue weighted by Gasteiger charge is 2.49. The Morgan fingerprint density at radius 3 is 2.60 bits per heavy atom. The molecule has 0 aliphatic heterocycles. The molecule has 1 aliphatic rings. The van der Waals surface area contributed by atoms with Crippen LogP contribution in [0.2, 0.25) is 0 Å². The molecular formula is C24H25F3N4O3S. The van der Waals surface area contributed by atoms with Crippen LogP contribution < -0.4 is 5.32 Å². The second-order valence-corrected chi connectivity index (χ2v) is 10.7. The number of hydrogen-bond acceptors (Lipinski definition) is 7. The maximum Gasteiger partial charge on any atom is 0.416 e. The van der Waals surface area contributed by atoms with Gasteiger partial charge in [-0.05, 0) is 61.4 Å². The number of anilines is 2. The molecule has 0 spiro atoms. The second kappa shape index (κ2) is 8.87. The van der Waals surface area contributed by atoms with Gasteiger partial charge < -0.3 is 15.5 Å². The van der Waals surface area contributed by atoms with Crippen molar-refractivity contribution in [2.24, 2.45) is 11.3 Å². The summed E-state index contributed by atoms with van der Waals surface area (Å²) in [6.45, 7) is 5.51. The normalized spacial score (nSPS) is 22.1. The van der Waals surface area contributed by atoms with Gasteiger partial charge in [-0.25, -0.2) is 15.0 Å². The Labute approximate surface area is 204 Å². The third-order valence-electron chi connectivity index (χ3n) is 6.31. The summed E-state index contributed by atoms with van der Waals surface area (Å²) in [6.07, 6.45) is -0.910. The van der Waals surface area contributed by atoms with E-state index in [2.05, 4.69) is 20.3 Å². The van der Waals surface area contributed by atoms with Crippen molar-refractivity contribution < 1.29 is 28.2 Å². The number of carboxylic acids is 1. The summed E-state index contributed by atoms with van der Waals surface area (Å²) in [6, 6.07) is 5.32. The van der Waals surface area contributed by atoms with Crippen LogP contribution in [-0.4, -0.2) is 31.1 Å². The van der Waals surface area contributed by atoms with E-state index in [1.807, 2.05) is 26.8 Å². The maximum absolute atomic E-state index is 13.0. The van der Waals surface area contributed by atoms with E-state index in [1.165, 1.54) is 11.3 Å². The minimum Gasteiger partial charge on any atom is -0.481 e. The van der Waals surface area contributed by atoms with Crippen molar-refractivity contribution in [3.05, 3.63) is 52.8 Å². The lowest BCUT2D eigenvalue weighted by Crippen LogP contribution is -2.44. The lowest BCUT2D eigenvalue weighted by Gasteiger charge is -2.44. The molecule has 0 radical (unpaired) electrons. The Morgan fingerprint density at radius 2 is 1.94 bits per heavy atom. The van der Waals surface area contributed by atoms with Gasteiger partial charge in [0.05, 0.1) is 22.1 Å². The highest BCUT2D eigenvalue weighted by atomic mass is 32.1. The Hall–Kier alpha value is -3.05. The molecule has 4 rings (SSSR count). The number of rotatable bonds is 5. The number of alkyl halides is 3. The van der Waals surface area contributed by atoms with E-state index < -0.39 is 34.6 Å². The molecule has 2 unspecified atom stereocenters. The first-order valence-electron chi connectivity index (χ1n) is 11.0. The minimum atomic E-state index is -4.48. The van der Waals surface area contributed by atoms with Gasteiger partial charge in [0.25, 0.3) is 0 Å². The average Bonchev–Trinajstić information content (AvgIpc) is 3.23. The summed E-state index contributed by atoms with van der Waals surface area (Å²) in [4.78, 5) is 25.2. The molecule has 3 heterocycles. The SMILES string of the molecule is Cc1cc(Nc2cc(C(F)(F)F)ccn2)nc(-c2cnc(C3(O)CCC(C(=O)O)C(C)(C)C3)s2)c1. The Balaban J connectivity index is 1.59. The number of aliphatic carboxylic acids is 1. The van der Waals surface area contributed by atoms with Crippen LogP contribution in [0.4, 0.5) is 24.8 Å². The van der Waals surface area contributed by atoms with E-state index >= 15 is 0 Å². The largest absolute Gasteiger partial charge is 0.481 e. The van der Waals surface area contributed by atoms with Gasteiger partial charge in [-0.1, -0.05) is 13.8 Å². The second-order valence-electron chi connectivity index (χ2n) is 9.62. The summed E-state index contributed by atoms with van der Waals surface area (Å²) in [5, 5.41) is 24.2. The number of aliphatic hydroxyl groups is 1. The number of aryl methyl sites for hydroxylation is 1. The third kappa shape index (κ3) is 5.30. The molecule has 11 heteroatoms. The van der Waals surface area contributed by atoms with Crippen LogP contribution in [0.3, 0.4) is 0 Å². The molecule has 0 saturated heterocycles. The van der Waals surface area contributed by atoms with Gasteiger partial charge in [-0.2, -0.15) is 13.2 Å². The molecule has 7 nitrogen and oxygen atoms in total. The third-order valence-corrected chi connectivity index (χ3v) is 7.52. The van der Waals surface area contributed by atoms with Crippen molar-refractivity contribution in [2.45, 2.75) is 51.8 Å². The van der Waals surface area contributed by atoms with Gasteiger partial charge in [-0.3, -0.25) is 4.79 Å². The van der Waals surface area contributed by atoms with E-state index in [1.54, 1.807) is 12.3 Å². The number of pyridine rings is 2. The van der Waals surface area contributed by atoms with E-state index in [9.17, 15) is 28.2 Å². The van der Waals surface area contributed by atoms with Gasteiger partial charge >= 0.3 is 12.1 Å². The summed E-state index contributed by atoms with van der Waals surface area (Å²) in [5.74, 6) is -1.07. The zero-order chi connectivity index (χ0) is 25.6. The zero-order valence-corrected chi connectivity index (χ0v) is 20.2. The number of carbonyl (C=O) groups is 1. The molecule has 0 bridgehead atoms. The predicted molar refractivity (Wildman–Crippen MR) is 125 cm³/mol. The quantitative estimate of drug-likeness (QED) is 0.403. The topological polar surface area (TPSA) is 108 Å². The van der Waals surface area contributed by atoms with Crippen molar-refractivity contribution >= 4 is 28.9 Å². The molecule has 0 aromatic carbocycles. The van der Waals surface area contributed by atoms with Crippen molar-refractivity contribution in [2.75, 3.05) is 5.32 Å². The molecule has 0 amide bonds. The number of aromatic nitrogens is 3. The molecular weight excluding hydrogens is 481 g/mol. The van der Waals surface area contributed by atoms with Gasteiger partial charge in [-0.15, -0.1) is 11.3 Å². The lowest BCUT2D eigenvalue weighted by molar-refractivity contribution is -0.154. The van der Waals surface area contributed by atoms with Crippen LogP contribution in [-0.2, 0) is 16.6 Å². The van der Waals surface area contributed by atoms with E-state index in [0.29, 0.717) is 27.8 Å². The van der Waals surface area contributed by atoms with Crippen LogP contribution in [0.25, 0.3) is 10.6 Å². The van der Waals surface area contributed by atoms with Crippen LogP contribution in [0.15, 0.2) is 36.7 Å². The van der Waals surface area contributed by atoms with Gasteiger partial charge in [0, 0.05) is 12.4 Å². The number of carboxylic acid groups (broad SMARTS) is 1. The summed E-state index contributed by atoms with van der Waals surface area (Å²) >= 11 is 1.27. The van der Waals surface area contributed by atoms with Crippen LogP contribution >= 0.6 is 11.3 Å². The standard InChI is InChI=1S/C24H25F3N4O3S/c1-13-8-16(30-19(9-13)31-18-10-14(5-7-28-18)24(25,26)27)17-11-29-21(35-17)23(34)6-4-15(20(32)33)22(2,3)12-23/h5,7-11,15,34H,4,6,12H2,1-3H3,(H,32,33)(H,28,30,31). The average molecular weight is 507 g/mol. The van der Waals surface area contributed by atoms with E-state index in [4.69, 9.17) is 0 Å². The van der Waals surface area contributed by atoms with Crippen molar-refractivity contribution in [3.63, 3.8) is 0 Å². The molecule has 1 fully saturated rings. The van der Waals surface area contributed by atoms with Crippen LogP contribution in [0.5, 0.6) is 0 Å². The Bertz CT molecular complexity index is 1260. The molecule has 1 aliphatic carbocycles. The Morgan fingerprint density at radius 1 is 1.20 bits per heavy atom. The zero-order valence-electron chi connectivity index (χ0n) is 19.3. The number of nitrogens with one attached hydrogen (secondary N) is 1. The lowest BCUT2D eigenvalue weighted by atomic mass is 9.63. The number of halogens is 3. The van der Waals surface area contributed by atoms with E-state index in [-0.39, 0.29) is 18.7 Å². The van der Waals surface area contributed by atoms with Crippen molar-refractivity contribution in [1.29, 1.82) is 0 Å². The highest BCUT2D eigenvalue weighted by Crippen LogP contribution is 2.50. The molecule has 3 aromatic heterocycles. The number of thiazole rings is 1. The predicted octanol–water partition coefficient (Wildman–Crippen LogP) is 5.77. The number of hydrogen-bond donors (Lipinski definition) is 3.